The average Bonchev–Trinajstić information content (AvgIpc) is 3.14. The number of anilines is 3. The fraction of sp³-hybridized carbons (Fsp3) is 0.318. The van der Waals surface area contributed by atoms with Gasteiger partial charge in [-0.1, -0.05) is 18.9 Å². The van der Waals surface area contributed by atoms with Crippen molar-refractivity contribution in [3.05, 3.63) is 62.7 Å². The second kappa shape index (κ2) is 8.64. The quantitative estimate of drug-likeness (QED) is 0.281. The SMILES string of the molecule is CCCCC1=CCC(CNc2c(Nc3c[nH]c4nc[c]([Pb])cc34)c(=O)c2=O)C=C1. The maximum atomic E-state index is 12.1. The van der Waals surface area contributed by atoms with Crippen LogP contribution in [0.5, 0.6) is 0 Å². The van der Waals surface area contributed by atoms with Gasteiger partial charge >= 0.3 is 154 Å². The summed E-state index contributed by atoms with van der Waals surface area (Å²) in [4.78, 5) is 31.7. The molecule has 0 saturated carbocycles. The van der Waals surface area contributed by atoms with E-state index in [1.807, 2.05) is 6.20 Å². The Labute approximate surface area is 184 Å². The van der Waals surface area contributed by atoms with E-state index in [1.54, 1.807) is 6.20 Å². The molecule has 1 atom stereocenters. The van der Waals surface area contributed by atoms with E-state index in [1.165, 1.54) is 21.5 Å². The molecule has 6 nitrogen and oxygen atoms in total. The molecule has 7 heteroatoms. The van der Waals surface area contributed by atoms with Crippen molar-refractivity contribution >= 4 is 57.0 Å². The summed E-state index contributed by atoms with van der Waals surface area (Å²) < 4.78 is 1.17. The summed E-state index contributed by atoms with van der Waals surface area (Å²) >= 11 is 0.897. The minimum absolute atomic E-state index is 0.322. The molecule has 0 saturated heterocycles. The van der Waals surface area contributed by atoms with Crippen LogP contribution in [-0.2, 0) is 0 Å². The predicted molar refractivity (Wildman–Crippen MR) is 119 cm³/mol. The van der Waals surface area contributed by atoms with Crippen molar-refractivity contribution in [1.29, 1.82) is 0 Å². The number of unbranched alkanes of at least 4 members (excludes halogenated alkanes) is 1. The van der Waals surface area contributed by atoms with Gasteiger partial charge < -0.3 is 0 Å². The molecule has 1 aliphatic carbocycles. The standard InChI is InChI=1S/C22H23N4O2.Pb/c1-2-3-5-14-7-9-15(10-8-14)12-24-18-19(21(28)20(18)27)26-17-13-25-22-16(17)6-4-11-23-22;/h6-9,11,13,15,24,26H,2-3,5,10,12H2,1H3,(H,23,25);. The van der Waals surface area contributed by atoms with Crippen molar-refractivity contribution < 1.29 is 0 Å². The summed E-state index contributed by atoms with van der Waals surface area (Å²) in [5, 5.41) is 7.26. The van der Waals surface area contributed by atoms with Crippen LogP contribution in [-0.4, -0.2) is 42.3 Å². The molecule has 0 amide bonds. The van der Waals surface area contributed by atoms with E-state index in [0.29, 0.717) is 23.8 Å². The first-order valence-electron chi connectivity index (χ1n) is 9.97. The first kappa shape index (κ1) is 20.1. The molecular weight excluding hydrogens is 559 g/mol. The van der Waals surface area contributed by atoms with Gasteiger partial charge in [0.1, 0.15) is 0 Å². The van der Waals surface area contributed by atoms with Gasteiger partial charge in [0.05, 0.1) is 0 Å². The molecule has 1 unspecified atom stereocenters. The zero-order valence-corrected chi connectivity index (χ0v) is 20.2. The fourth-order valence-corrected chi connectivity index (χ4v) is 4.39. The Kier molecular flexibility index (Phi) is 5.98. The van der Waals surface area contributed by atoms with Crippen LogP contribution in [0.4, 0.5) is 17.1 Å². The molecule has 4 rings (SSSR count). The van der Waals surface area contributed by atoms with Gasteiger partial charge in [-0.25, -0.2) is 0 Å². The van der Waals surface area contributed by atoms with Crippen LogP contribution in [0, 0.1) is 5.92 Å². The number of H-pyrrole nitrogens is 1. The number of nitrogens with zero attached hydrogens (tertiary/aromatic N) is 1. The fourth-order valence-electron chi connectivity index (χ4n) is 3.58. The third-order valence-corrected chi connectivity index (χ3v) is 6.39. The monoisotopic (exact) mass is 583 g/mol. The van der Waals surface area contributed by atoms with Crippen LogP contribution in [0.25, 0.3) is 11.0 Å². The van der Waals surface area contributed by atoms with Crippen molar-refractivity contribution in [2.24, 2.45) is 5.92 Å². The number of fused-ring (bicyclic) bond motifs is 1. The molecular formula is C22H23N4O2Pb. The van der Waals surface area contributed by atoms with E-state index in [0.717, 1.165) is 55.3 Å². The summed E-state index contributed by atoms with van der Waals surface area (Å²) in [7, 11) is 0. The van der Waals surface area contributed by atoms with E-state index < -0.39 is 10.9 Å². The van der Waals surface area contributed by atoms with E-state index in [-0.39, 0.29) is 0 Å². The Balaban J connectivity index is 1.43. The Morgan fingerprint density at radius 2 is 2.10 bits per heavy atom. The number of allylic oxidation sites excluding steroid dienone is 3. The zero-order chi connectivity index (χ0) is 20.4. The molecule has 0 spiro atoms. The number of pyridine rings is 1. The topological polar surface area (TPSA) is 86.9 Å². The van der Waals surface area contributed by atoms with Gasteiger partial charge in [0.15, 0.2) is 0 Å². The number of aromatic nitrogens is 2. The molecule has 1 aromatic carbocycles. The van der Waals surface area contributed by atoms with Gasteiger partial charge in [-0.15, -0.1) is 0 Å². The maximum absolute atomic E-state index is 12.1. The molecule has 3 aromatic rings. The Bertz CT molecular complexity index is 1170. The molecule has 147 valence electrons. The van der Waals surface area contributed by atoms with Crippen molar-refractivity contribution in [3.8, 4) is 0 Å². The summed E-state index contributed by atoms with van der Waals surface area (Å²) in [5.41, 5.74) is 2.72. The normalized spacial score (nSPS) is 16.3. The number of hydrogen-bond acceptors (Lipinski definition) is 5. The summed E-state index contributed by atoms with van der Waals surface area (Å²) in [5.74, 6) is 0.322. The van der Waals surface area contributed by atoms with Crippen molar-refractivity contribution in [2.45, 2.75) is 32.6 Å². The van der Waals surface area contributed by atoms with E-state index in [9.17, 15) is 9.59 Å². The minimum atomic E-state index is -0.474. The second-order valence-corrected chi connectivity index (χ2v) is 9.72. The summed E-state index contributed by atoms with van der Waals surface area (Å²) in [6.45, 7) is 2.83. The predicted octanol–water partition coefficient (Wildman–Crippen LogP) is 2.80. The number of aromatic amines is 1. The van der Waals surface area contributed by atoms with Gasteiger partial charge in [0.2, 0.25) is 0 Å². The second-order valence-electron chi connectivity index (χ2n) is 7.47. The van der Waals surface area contributed by atoms with Gasteiger partial charge in [-0.3, -0.25) is 0 Å². The molecule has 0 bridgehead atoms. The molecule has 0 aliphatic heterocycles. The number of nitrogens with one attached hydrogen (secondary N) is 3. The molecule has 0 fully saturated rings. The van der Waals surface area contributed by atoms with Crippen LogP contribution in [0.2, 0.25) is 0 Å². The van der Waals surface area contributed by atoms with Gasteiger partial charge in [0, 0.05) is 0 Å². The zero-order valence-electron chi connectivity index (χ0n) is 16.3. The van der Waals surface area contributed by atoms with Gasteiger partial charge in [-0.2, -0.15) is 0 Å². The van der Waals surface area contributed by atoms with Crippen molar-refractivity contribution in [2.75, 3.05) is 17.2 Å². The Morgan fingerprint density at radius 1 is 1.28 bits per heavy atom. The molecule has 2 aromatic heterocycles. The Hall–Kier alpha value is -2.23. The van der Waals surface area contributed by atoms with Crippen LogP contribution in [0.15, 0.2) is 51.9 Å². The molecule has 1 aliphatic rings. The number of hydrogen-bond donors (Lipinski definition) is 3. The molecule has 2 heterocycles. The van der Waals surface area contributed by atoms with E-state index >= 15 is 0 Å². The van der Waals surface area contributed by atoms with Crippen molar-refractivity contribution in [1.82, 2.24) is 9.97 Å². The molecule has 29 heavy (non-hydrogen) atoms. The van der Waals surface area contributed by atoms with Gasteiger partial charge in [-0.05, 0) is 12.8 Å². The molecule has 3 N–H and O–H groups in total. The van der Waals surface area contributed by atoms with Crippen LogP contribution < -0.4 is 24.6 Å². The third-order valence-electron chi connectivity index (χ3n) is 5.33. The van der Waals surface area contributed by atoms with Crippen LogP contribution in [0.3, 0.4) is 0 Å². The first-order valence-corrected chi connectivity index (χ1v) is 11.9. The van der Waals surface area contributed by atoms with Gasteiger partial charge in [0.25, 0.3) is 0 Å². The third kappa shape index (κ3) is 4.22. The number of rotatable bonds is 8. The van der Waals surface area contributed by atoms with E-state index in [2.05, 4.69) is 51.8 Å². The van der Waals surface area contributed by atoms with E-state index in [4.69, 9.17) is 0 Å². The van der Waals surface area contributed by atoms with Crippen molar-refractivity contribution in [3.63, 3.8) is 0 Å². The summed E-state index contributed by atoms with van der Waals surface area (Å²) in [6, 6.07) is 2.06. The Morgan fingerprint density at radius 3 is 2.86 bits per heavy atom. The van der Waals surface area contributed by atoms with Crippen LogP contribution >= 0.6 is 0 Å². The molecule has 3 radical (unpaired) electrons. The average molecular weight is 583 g/mol. The first-order chi connectivity index (χ1) is 14.1. The van der Waals surface area contributed by atoms with Crippen LogP contribution in [0.1, 0.15) is 32.6 Å². The summed E-state index contributed by atoms with van der Waals surface area (Å²) in [6.07, 6.45) is 14.8.